The number of hydrogen-bond donors (Lipinski definition) is 0. The zero-order valence-corrected chi connectivity index (χ0v) is 11.5. The van der Waals surface area contributed by atoms with Crippen LogP contribution in [-0.2, 0) is 16.0 Å². The average Bonchev–Trinajstić information content (AvgIpc) is 2.83. The molecule has 3 nitrogen and oxygen atoms in total. The number of hydrogen-bond acceptors (Lipinski definition) is 3. The van der Waals surface area contributed by atoms with Crippen molar-refractivity contribution in [1.82, 2.24) is 0 Å². The lowest BCUT2D eigenvalue weighted by atomic mass is 10.1. The van der Waals surface area contributed by atoms with E-state index in [1.54, 1.807) is 6.26 Å². The van der Waals surface area contributed by atoms with Gasteiger partial charge in [-0.1, -0.05) is 36.6 Å². The molecule has 0 unspecified atom stereocenters. The molecule has 1 heterocycles. The minimum absolute atomic E-state index is 0.501. The molecular formula is C15H17ClO3. The molecule has 0 fully saturated rings. The largest absolute Gasteiger partial charge is 0.468 e. The topological polar surface area (TPSA) is 39.4 Å². The summed E-state index contributed by atoms with van der Waals surface area (Å²) in [6.07, 6.45) is 7.01. The van der Waals surface area contributed by atoms with Crippen LogP contribution in [-0.4, -0.2) is 13.1 Å². The van der Waals surface area contributed by atoms with Gasteiger partial charge in [0, 0.05) is 5.39 Å². The van der Waals surface area contributed by atoms with Gasteiger partial charge in [-0.25, -0.2) is 0 Å². The van der Waals surface area contributed by atoms with E-state index in [0.29, 0.717) is 18.1 Å². The molecule has 4 heteroatoms. The first kappa shape index (κ1) is 13.9. The average molecular weight is 281 g/mol. The highest BCUT2D eigenvalue weighted by Gasteiger charge is 2.07. The molecular weight excluding hydrogens is 264 g/mol. The highest BCUT2D eigenvalue weighted by molar-refractivity contribution is 6.34. The Morgan fingerprint density at radius 3 is 2.89 bits per heavy atom. The molecule has 0 aliphatic heterocycles. The second-order valence-electron chi connectivity index (χ2n) is 4.51. The Labute approximate surface area is 117 Å². The smallest absolute Gasteiger partial charge is 0.293 e. The first-order valence-corrected chi connectivity index (χ1v) is 6.90. The van der Waals surface area contributed by atoms with Crippen molar-refractivity contribution in [3.8, 4) is 0 Å². The highest BCUT2D eigenvalue weighted by atomic mass is 35.5. The van der Waals surface area contributed by atoms with Gasteiger partial charge in [-0.05, 0) is 30.9 Å². The van der Waals surface area contributed by atoms with Gasteiger partial charge in [0.25, 0.3) is 6.47 Å². The summed E-state index contributed by atoms with van der Waals surface area (Å²) < 4.78 is 10.1. The molecule has 0 saturated heterocycles. The first-order chi connectivity index (χ1) is 9.33. The van der Waals surface area contributed by atoms with Gasteiger partial charge < -0.3 is 9.15 Å². The van der Waals surface area contributed by atoms with Gasteiger partial charge in [0.05, 0.1) is 17.9 Å². The summed E-state index contributed by atoms with van der Waals surface area (Å²) in [5.74, 6) is 0. The van der Waals surface area contributed by atoms with E-state index in [-0.39, 0.29) is 0 Å². The zero-order valence-electron chi connectivity index (χ0n) is 10.7. The van der Waals surface area contributed by atoms with Crippen LogP contribution in [0.2, 0.25) is 5.02 Å². The number of ether oxygens (including phenoxy) is 1. The molecule has 102 valence electrons. The molecule has 0 spiro atoms. The number of para-hydroxylation sites is 1. The van der Waals surface area contributed by atoms with Crippen molar-refractivity contribution >= 4 is 29.0 Å². The molecule has 2 aromatic rings. The van der Waals surface area contributed by atoms with Crippen LogP contribution in [0.4, 0.5) is 0 Å². The normalized spacial score (nSPS) is 10.8. The van der Waals surface area contributed by atoms with Crippen LogP contribution in [0.5, 0.6) is 0 Å². The summed E-state index contributed by atoms with van der Waals surface area (Å²) in [5.41, 5.74) is 1.99. The van der Waals surface area contributed by atoms with Crippen LogP contribution in [0.1, 0.15) is 31.2 Å². The molecule has 0 atom stereocenters. The van der Waals surface area contributed by atoms with Crippen molar-refractivity contribution in [3.05, 3.63) is 35.0 Å². The number of halogens is 1. The van der Waals surface area contributed by atoms with Crippen LogP contribution in [0.15, 0.2) is 28.9 Å². The van der Waals surface area contributed by atoms with E-state index in [1.807, 2.05) is 18.2 Å². The van der Waals surface area contributed by atoms with Gasteiger partial charge in [0.15, 0.2) is 5.58 Å². The van der Waals surface area contributed by atoms with Crippen LogP contribution in [0.25, 0.3) is 11.0 Å². The number of fused-ring (bicyclic) bond motifs is 1. The molecule has 0 N–H and O–H groups in total. The summed E-state index contributed by atoms with van der Waals surface area (Å²) in [4.78, 5) is 9.96. The summed E-state index contributed by atoms with van der Waals surface area (Å²) in [7, 11) is 0. The third-order valence-electron chi connectivity index (χ3n) is 3.16. The van der Waals surface area contributed by atoms with Crippen molar-refractivity contribution < 1.29 is 13.9 Å². The van der Waals surface area contributed by atoms with Crippen LogP contribution < -0.4 is 0 Å². The lowest BCUT2D eigenvalue weighted by Gasteiger charge is -2.00. The molecule has 0 aliphatic rings. The second kappa shape index (κ2) is 7.19. The lowest BCUT2D eigenvalue weighted by molar-refractivity contribution is -0.128. The van der Waals surface area contributed by atoms with Gasteiger partial charge >= 0.3 is 0 Å². The van der Waals surface area contributed by atoms with Crippen molar-refractivity contribution in [2.75, 3.05) is 6.61 Å². The fraction of sp³-hybridized carbons (Fsp3) is 0.400. The maximum Gasteiger partial charge on any atom is 0.293 e. The quantitative estimate of drug-likeness (QED) is 0.533. The highest BCUT2D eigenvalue weighted by Crippen LogP contribution is 2.28. The first-order valence-electron chi connectivity index (χ1n) is 6.53. The number of furan rings is 1. The SMILES string of the molecule is O=COCCCCCCc1coc2c(Cl)cccc12. The van der Waals surface area contributed by atoms with Crippen molar-refractivity contribution in [2.24, 2.45) is 0 Å². The molecule has 0 aliphatic carbocycles. The summed E-state index contributed by atoms with van der Waals surface area (Å²) in [6, 6.07) is 5.82. The van der Waals surface area contributed by atoms with Gasteiger partial charge in [-0.2, -0.15) is 0 Å². The van der Waals surface area contributed by atoms with Gasteiger partial charge in [0.2, 0.25) is 0 Å². The van der Waals surface area contributed by atoms with Crippen molar-refractivity contribution in [3.63, 3.8) is 0 Å². The summed E-state index contributed by atoms with van der Waals surface area (Å²) in [5, 5.41) is 1.77. The monoisotopic (exact) mass is 280 g/mol. The number of aryl methyl sites for hydroxylation is 1. The van der Waals surface area contributed by atoms with E-state index in [2.05, 4.69) is 4.74 Å². The third kappa shape index (κ3) is 3.74. The Bertz CT molecular complexity index is 533. The standard InChI is InChI=1S/C15H17ClO3/c16-14-8-5-7-13-12(10-19-15(13)14)6-3-1-2-4-9-18-11-17/h5,7-8,10-11H,1-4,6,9H2. The van der Waals surface area contributed by atoms with Crippen LogP contribution >= 0.6 is 11.6 Å². The predicted molar refractivity (Wildman–Crippen MR) is 75.4 cm³/mol. The number of carbonyl (C=O) groups is 1. The molecule has 1 aromatic heterocycles. The molecule has 19 heavy (non-hydrogen) atoms. The number of carbonyl (C=O) groups excluding carboxylic acids is 1. The zero-order chi connectivity index (χ0) is 13.5. The lowest BCUT2D eigenvalue weighted by Crippen LogP contribution is -1.92. The minimum Gasteiger partial charge on any atom is -0.468 e. The Hall–Kier alpha value is -1.48. The van der Waals surface area contributed by atoms with E-state index >= 15 is 0 Å². The molecule has 1 aromatic carbocycles. The van der Waals surface area contributed by atoms with Crippen LogP contribution in [0.3, 0.4) is 0 Å². The fourth-order valence-corrected chi connectivity index (χ4v) is 2.39. The Balaban J connectivity index is 1.79. The van der Waals surface area contributed by atoms with Crippen LogP contribution in [0, 0.1) is 0 Å². The van der Waals surface area contributed by atoms with E-state index in [0.717, 1.165) is 43.1 Å². The van der Waals surface area contributed by atoms with Crippen molar-refractivity contribution in [2.45, 2.75) is 32.1 Å². The fourth-order valence-electron chi connectivity index (χ4n) is 2.17. The van der Waals surface area contributed by atoms with E-state index in [9.17, 15) is 4.79 Å². The van der Waals surface area contributed by atoms with E-state index < -0.39 is 0 Å². The third-order valence-corrected chi connectivity index (χ3v) is 3.46. The van der Waals surface area contributed by atoms with Gasteiger partial charge in [-0.15, -0.1) is 0 Å². The predicted octanol–water partition coefficient (Wildman–Crippen LogP) is 4.36. The minimum atomic E-state index is 0.501. The molecule has 0 amide bonds. The summed E-state index contributed by atoms with van der Waals surface area (Å²) >= 11 is 6.07. The number of unbranched alkanes of at least 4 members (excludes halogenated alkanes) is 3. The maximum absolute atomic E-state index is 9.96. The molecule has 0 bridgehead atoms. The Morgan fingerprint density at radius 2 is 2.05 bits per heavy atom. The Morgan fingerprint density at radius 1 is 1.21 bits per heavy atom. The molecule has 0 saturated carbocycles. The van der Waals surface area contributed by atoms with Crippen molar-refractivity contribution in [1.29, 1.82) is 0 Å². The number of rotatable bonds is 8. The summed E-state index contributed by atoms with van der Waals surface area (Å²) in [6.45, 7) is 1.02. The van der Waals surface area contributed by atoms with Gasteiger partial charge in [0.1, 0.15) is 0 Å². The van der Waals surface area contributed by atoms with E-state index in [1.165, 1.54) is 5.56 Å². The van der Waals surface area contributed by atoms with Gasteiger partial charge in [-0.3, -0.25) is 4.79 Å². The Kier molecular flexibility index (Phi) is 5.28. The maximum atomic E-state index is 9.96. The van der Waals surface area contributed by atoms with E-state index in [4.69, 9.17) is 16.0 Å². The number of benzene rings is 1. The second-order valence-corrected chi connectivity index (χ2v) is 4.92. The molecule has 2 rings (SSSR count). The molecule has 0 radical (unpaired) electrons.